The Balaban J connectivity index is 1.61. The number of nitrogens with one attached hydrogen (secondary N) is 1. The number of aromatic nitrogens is 2. The Labute approximate surface area is 191 Å². The van der Waals surface area contributed by atoms with E-state index in [9.17, 15) is 14.3 Å². The molecule has 3 aromatic carbocycles. The minimum absolute atomic E-state index is 0.0317. The predicted molar refractivity (Wildman–Crippen MR) is 127 cm³/mol. The zero-order valence-corrected chi connectivity index (χ0v) is 17.8. The number of amides is 1. The van der Waals surface area contributed by atoms with E-state index in [-0.39, 0.29) is 24.8 Å². The van der Waals surface area contributed by atoms with Crippen molar-refractivity contribution in [3.05, 3.63) is 113 Å². The molecule has 0 fully saturated rings. The number of anilines is 1. The third-order valence-electron chi connectivity index (χ3n) is 5.00. The normalized spacial score (nSPS) is 11.0. The molecule has 4 rings (SSSR count). The van der Waals surface area contributed by atoms with Crippen molar-refractivity contribution in [2.24, 2.45) is 0 Å². The van der Waals surface area contributed by atoms with Crippen LogP contribution in [0.3, 0.4) is 0 Å². The molecule has 0 unspecified atom stereocenters. The van der Waals surface area contributed by atoms with E-state index in [1.54, 1.807) is 24.4 Å². The van der Waals surface area contributed by atoms with Crippen molar-refractivity contribution < 1.29 is 14.3 Å². The Hall–Kier alpha value is -4.16. The summed E-state index contributed by atoms with van der Waals surface area (Å²) in [7, 11) is 0. The van der Waals surface area contributed by atoms with Crippen molar-refractivity contribution in [3.8, 4) is 11.3 Å². The Morgan fingerprint density at radius 3 is 2.30 bits per heavy atom. The average Bonchev–Trinajstić information content (AvgIpc) is 2.85. The van der Waals surface area contributed by atoms with E-state index in [2.05, 4.69) is 10.3 Å². The molecule has 0 aliphatic heterocycles. The van der Waals surface area contributed by atoms with Crippen molar-refractivity contribution in [1.82, 2.24) is 9.97 Å². The summed E-state index contributed by atoms with van der Waals surface area (Å²) in [5.41, 5.74) is 4.49. The quantitative estimate of drug-likeness (QED) is 0.419. The summed E-state index contributed by atoms with van der Waals surface area (Å²) < 4.78 is 13.1. The van der Waals surface area contributed by atoms with E-state index in [0.717, 1.165) is 16.7 Å². The smallest absolute Gasteiger partial charge is 0.230 e. The fourth-order valence-corrected chi connectivity index (χ4v) is 3.24. The molecule has 0 spiro atoms. The molecule has 0 aliphatic carbocycles. The highest BCUT2D eigenvalue weighted by Crippen LogP contribution is 2.22. The number of rotatable bonds is 7. The van der Waals surface area contributed by atoms with Gasteiger partial charge >= 0.3 is 0 Å². The summed E-state index contributed by atoms with van der Waals surface area (Å²) in [6, 6.07) is 23.0. The molecular formula is C27H22FN3O2. The monoisotopic (exact) mass is 439 g/mol. The van der Waals surface area contributed by atoms with Gasteiger partial charge in [0, 0.05) is 5.56 Å². The van der Waals surface area contributed by atoms with E-state index < -0.39 is 0 Å². The lowest BCUT2D eigenvalue weighted by Crippen LogP contribution is -2.16. The molecule has 0 atom stereocenters. The first-order chi connectivity index (χ1) is 16.1. The van der Waals surface area contributed by atoms with Gasteiger partial charge in [-0.05, 0) is 34.9 Å². The summed E-state index contributed by atoms with van der Waals surface area (Å²) in [5, 5.41) is 12.1. The van der Waals surface area contributed by atoms with E-state index in [0.29, 0.717) is 22.8 Å². The first kappa shape index (κ1) is 22.0. The molecular weight excluding hydrogens is 417 g/mol. The van der Waals surface area contributed by atoms with Gasteiger partial charge in [0.05, 0.1) is 24.9 Å². The van der Waals surface area contributed by atoms with Gasteiger partial charge in [-0.15, -0.1) is 0 Å². The summed E-state index contributed by atoms with van der Waals surface area (Å²) in [6.07, 6.45) is 5.40. The van der Waals surface area contributed by atoms with Crippen LogP contribution < -0.4 is 5.32 Å². The van der Waals surface area contributed by atoms with Crippen LogP contribution in [-0.4, -0.2) is 21.0 Å². The highest BCUT2D eigenvalue weighted by Gasteiger charge is 2.11. The van der Waals surface area contributed by atoms with E-state index in [4.69, 9.17) is 4.98 Å². The molecule has 0 aliphatic rings. The predicted octanol–water partition coefficient (Wildman–Crippen LogP) is 5.13. The lowest BCUT2D eigenvalue weighted by molar-refractivity contribution is -0.115. The molecule has 5 nitrogen and oxygen atoms in total. The maximum Gasteiger partial charge on any atom is 0.230 e. The summed E-state index contributed by atoms with van der Waals surface area (Å²) in [6.45, 7) is -0.0317. The number of nitrogens with zero attached hydrogens (tertiary/aromatic N) is 2. The summed E-state index contributed by atoms with van der Waals surface area (Å²) in [4.78, 5) is 21.8. The Morgan fingerprint density at radius 2 is 1.61 bits per heavy atom. The van der Waals surface area contributed by atoms with Crippen LogP contribution in [0.2, 0.25) is 0 Å². The third kappa shape index (κ3) is 5.96. The van der Waals surface area contributed by atoms with Gasteiger partial charge in [-0.1, -0.05) is 72.8 Å². The first-order valence-corrected chi connectivity index (χ1v) is 10.5. The molecule has 1 aromatic heterocycles. The van der Waals surface area contributed by atoms with Crippen molar-refractivity contribution in [3.63, 3.8) is 0 Å². The zero-order chi connectivity index (χ0) is 23.0. The van der Waals surface area contributed by atoms with Crippen LogP contribution in [0.15, 0.2) is 85.1 Å². The molecule has 164 valence electrons. The van der Waals surface area contributed by atoms with Crippen LogP contribution in [0.5, 0.6) is 0 Å². The van der Waals surface area contributed by atoms with E-state index in [1.807, 2.05) is 60.7 Å². The molecule has 0 saturated carbocycles. The van der Waals surface area contributed by atoms with Gasteiger partial charge in [0.1, 0.15) is 11.5 Å². The van der Waals surface area contributed by atoms with Crippen LogP contribution in [0.1, 0.15) is 22.4 Å². The number of halogens is 1. The van der Waals surface area contributed by atoms with Gasteiger partial charge in [0.25, 0.3) is 0 Å². The molecule has 33 heavy (non-hydrogen) atoms. The summed E-state index contributed by atoms with van der Waals surface area (Å²) in [5.74, 6) is -0.281. The Morgan fingerprint density at radius 1 is 0.909 bits per heavy atom. The van der Waals surface area contributed by atoms with Crippen LogP contribution in [0.25, 0.3) is 23.4 Å². The molecule has 1 amide bonds. The fraction of sp³-hybridized carbons (Fsp3) is 0.0741. The number of hydrogen-bond acceptors (Lipinski definition) is 4. The second-order valence-corrected chi connectivity index (χ2v) is 7.44. The van der Waals surface area contributed by atoms with Crippen LogP contribution >= 0.6 is 0 Å². The van der Waals surface area contributed by atoms with Gasteiger partial charge in [-0.2, -0.15) is 0 Å². The molecule has 0 bridgehead atoms. The second-order valence-electron chi connectivity index (χ2n) is 7.44. The number of aliphatic hydroxyl groups excluding tert-OH is 1. The van der Waals surface area contributed by atoms with Crippen molar-refractivity contribution >= 4 is 23.9 Å². The number of benzene rings is 3. The average molecular weight is 439 g/mol. The van der Waals surface area contributed by atoms with Gasteiger partial charge in [0.15, 0.2) is 5.82 Å². The molecule has 4 aromatic rings. The van der Waals surface area contributed by atoms with Gasteiger partial charge in [0.2, 0.25) is 5.91 Å². The number of aliphatic hydroxyl groups is 1. The van der Waals surface area contributed by atoms with E-state index in [1.165, 1.54) is 12.1 Å². The second kappa shape index (κ2) is 10.4. The maximum atomic E-state index is 13.1. The lowest BCUT2D eigenvalue weighted by atomic mass is 10.1. The van der Waals surface area contributed by atoms with Crippen LogP contribution in [-0.2, 0) is 17.8 Å². The van der Waals surface area contributed by atoms with Crippen LogP contribution in [0, 0.1) is 5.82 Å². The Kier molecular flexibility index (Phi) is 6.97. The third-order valence-corrected chi connectivity index (χ3v) is 5.00. The van der Waals surface area contributed by atoms with Gasteiger partial charge in [-0.25, -0.2) is 14.4 Å². The summed E-state index contributed by atoms with van der Waals surface area (Å²) >= 11 is 0. The lowest BCUT2D eigenvalue weighted by Gasteiger charge is -2.10. The zero-order valence-electron chi connectivity index (χ0n) is 17.8. The van der Waals surface area contributed by atoms with Crippen molar-refractivity contribution in [2.75, 3.05) is 5.32 Å². The first-order valence-electron chi connectivity index (χ1n) is 10.5. The maximum absolute atomic E-state index is 13.1. The van der Waals surface area contributed by atoms with Crippen LogP contribution in [0.4, 0.5) is 10.2 Å². The van der Waals surface area contributed by atoms with E-state index >= 15 is 0 Å². The highest BCUT2D eigenvalue weighted by molar-refractivity contribution is 5.93. The SMILES string of the molecule is O=C(Cc1ccc(F)cc1)Nc1ncc(-c2ccc(CO)cc2)nc1C=Cc1ccccc1. The van der Waals surface area contributed by atoms with Crippen molar-refractivity contribution in [2.45, 2.75) is 13.0 Å². The minimum Gasteiger partial charge on any atom is -0.392 e. The van der Waals surface area contributed by atoms with Gasteiger partial charge < -0.3 is 10.4 Å². The highest BCUT2D eigenvalue weighted by atomic mass is 19.1. The molecule has 0 saturated heterocycles. The number of carbonyl (C=O) groups is 1. The standard InChI is InChI=1S/C27H22FN3O2/c28-23-13-8-20(9-14-23)16-26(33)31-27-24(15-10-19-4-2-1-3-5-19)30-25(17-29-27)22-11-6-21(18-32)7-12-22/h1-15,17,32H,16,18H2,(H,29,31,33). The molecule has 6 heteroatoms. The molecule has 0 radical (unpaired) electrons. The topological polar surface area (TPSA) is 75.1 Å². The largest absolute Gasteiger partial charge is 0.392 e. The fourth-order valence-electron chi connectivity index (χ4n) is 3.24. The van der Waals surface area contributed by atoms with Gasteiger partial charge in [-0.3, -0.25) is 4.79 Å². The van der Waals surface area contributed by atoms with Crippen molar-refractivity contribution in [1.29, 1.82) is 0 Å². The Bertz CT molecular complexity index is 1260. The number of carbonyl (C=O) groups excluding carboxylic acids is 1. The molecule has 1 heterocycles. The molecule has 2 N–H and O–H groups in total. The number of hydrogen-bond donors (Lipinski definition) is 2. The minimum atomic E-state index is -0.346.